The van der Waals surface area contributed by atoms with Crippen molar-refractivity contribution in [3.8, 4) is 0 Å². The van der Waals surface area contributed by atoms with E-state index in [1.54, 1.807) is 0 Å². The molecule has 0 bridgehead atoms. The Balaban J connectivity index is 0. The standard InChI is InChI=1S/C8H18O4.C3H6O3/c1-2-10-5-6-12-8-7-11-4-3-9;1-2(4)3(5)6/h9H,2-8H2,1H3;2,4H,1H3,(H,5,6). The molecule has 3 N–H and O–H groups in total. The predicted octanol–water partition coefficient (Wildman–Crippen LogP) is -0.500. The topological polar surface area (TPSA) is 105 Å². The lowest BCUT2D eigenvalue weighted by Crippen LogP contribution is -2.13. The summed E-state index contributed by atoms with van der Waals surface area (Å²) in [7, 11) is 0. The summed E-state index contributed by atoms with van der Waals surface area (Å²) >= 11 is 0. The number of carbonyl (C=O) groups is 1. The van der Waals surface area contributed by atoms with E-state index in [0.717, 1.165) is 6.61 Å². The Kier molecular flexibility index (Phi) is 17.7. The molecule has 1 atom stereocenters. The molecule has 0 fully saturated rings. The van der Waals surface area contributed by atoms with Gasteiger partial charge >= 0.3 is 5.97 Å². The van der Waals surface area contributed by atoms with Gasteiger partial charge in [0.2, 0.25) is 0 Å². The maximum Gasteiger partial charge on any atom is 0.332 e. The molecule has 0 aliphatic heterocycles. The zero-order valence-corrected chi connectivity index (χ0v) is 11.0. The normalized spacial score (nSPS) is 11.6. The second-order valence-electron chi connectivity index (χ2n) is 3.16. The number of aliphatic hydroxyl groups is 2. The minimum atomic E-state index is -1.23. The van der Waals surface area contributed by atoms with Crippen molar-refractivity contribution in [2.24, 2.45) is 0 Å². The van der Waals surface area contributed by atoms with Crippen LogP contribution < -0.4 is 0 Å². The van der Waals surface area contributed by atoms with Gasteiger partial charge in [0.1, 0.15) is 6.10 Å². The van der Waals surface area contributed by atoms with Gasteiger partial charge in [-0.15, -0.1) is 0 Å². The summed E-state index contributed by atoms with van der Waals surface area (Å²) < 4.78 is 15.2. The highest BCUT2D eigenvalue weighted by atomic mass is 16.5. The number of carboxylic acids is 1. The minimum absolute atomic E-state index is 0.0684. The van der Waals surface area contributed by atoms with E-state index in [2.05, 4.69) is 0 Å². The lowest BCUT2D eigenvalue weighted by molar-refractivity contribution is -0.145. The number of ether oxygens (including phenoxy) is 3. The van der Waals surface area contributed by atoms with E-state index >= 15 is 0 Å². The van der Waals surface area contributed by atoms with Crippen molar-refractivity contribution < 1.29 is 34.3 Å². The molecule has 110 valence electrons. The first kappa shape index (κ1) is 19.6. The third-order valence-electron chi connectivity index (χ3n) is 1.54. The Hall–Kier alpha value is -0.730. The van der Waals surface area contributed by atoms with Crippen LogP contribution in [-0.4, -0.2) is 73.6 Å². The van der Waals surface area contributed by atoms with Crippen LogP contribution >= 0.6 is 0 Å². The average Bonchev–Trinajstić information content (AvgIpc) is 2.33. The quantitative estimate of drug-likeness (QED) is 0.459. The Labute approximate surface area is 107 Å². The second kappa shape index (κ2) is 16.3. The molecule has 0 aromatic rings. The molecule has 0 aromatic carbocycles. The van der Waals surface area contributed by atoms with Crippen molar-refractivity contribution in [3.05, 3.63) is 0 Å². The largest absolute Gasteiger partial charge is 0.479 e. The van der Waals surface area contributed by atoms with Crippen LogP contribution in [0.1, 0.15) is 13.8 Å². The molecule has 0 aliphatic carbocycles. The minimum Gasteiger partial charge on any atom is -0.479 e. The molecule has 7 nitrogen and oxygen atoms in total. The van der Waals surface area contributed by atoms with Gasteiger partial charge < -0.3 is 29.5 Å². The van der Waals surface area contributed by atoms with Gasteiger partial charge in [0.15, 0.2) is 0 Å². The van der Waals surface area contributed by atoms with Crippen LogP contribution in [0.3, 0.4) is 0 Å². The maximum atomic E-state index is 9.45. The summed E-state index contributed by atoms with van der Waals surface area (Å²) in [5, 5.41) is 24.1. The van der Waals surface area contributed by atoms with Crippen LogP contribution in [0.15, 0.2) is 0 Å². The Morgan fingerprint density at radius 1 is 1.06 bits per heavy atom. The summed E-state index contributed by atoms with van der Waals surface area (Å²) in [6.07, 6.45) is -1.23. The highest BCUT2D eigenvalue weighted by Gasteiger charge is 2.01. The molecule has 0 rings (SSSR count). The summed E-state index contributed by atoms with van der Waals surface area (Å²) in [6, 6.07) is 0. The average molecular weight is 268 g/mol. The molecule has 0 saturated heterocycles. The summed E-state index contributed by atoms with van der Waals surface area (Å²) in [6.45, 7) is 6.66. The Morgan fingerprint density at radius 3 is 1.78 bits per heavy atom. The fourth-order valence-electron chi connectivity index (χ4n) is 0.649. The van der Waals surface area contributed by atoms with E-state index in [1.807, 2.05) is 6.92 Å². The van der Waals surface area contributed by atoms with E-state index < -0.39 is 12.1 Å². The third-order valence-corrected chi connectivity index (χ3v) is 1.54. The number of carboxylic acid groups (broad SMARTS) is 1. The zero-order valence-electron chi connectivity index (χ0n) is 11.0. The molecular weight excluding hydrogens is 244 g/mol. The van der Waals surface area contributed by atoms with Crippen LogP contribution in [0, 0.1) is 0 Å². The van der Waals surface area contributed by atoms with Gasteiger partial charge in [-0.05, 0) is 13.8 Å². The number of rotatable bonds is 10. The molecule has 0 saturated carbocycles. The van der Waals surface area contributed by atoms with Gasteiger partial charge in [-0.3, -0.25) is 0 Å². The molecule has 0 radical (unpaired) electrons. The molecule has 0 amide bonds. The number of aliphatic hydroxyl groups excluding tert-OH is 2. The highest BCUT2D eigenvalue weighted by molar-refractivity contribution is 5.71. The van der Waals surface area contributed by atoms with Gasteiger partial charge in [0.25, 0.3) is 0 Å². The number of hydrogen-bond acceptors (Lipinski definition) is 6. The van der Waals surface area contributed by atoms with Crippen LogP contribution in [0.2, 0.25) is 0 Å². The molecule has 7 heteroatoms. The summed E-state index contributed by atoms with van der Waals surface area (Å²) in [5.74, 6) is -1.19. The van der Waals surface area contributed by atoms with Crippen LogP contribution in [-0.2, 0) is 19.0 Å². The van der Waals surface area contributed by atoms with Gasteiger partial charge in [0, 0.05) is 6.61 Å². The lowest BCUT2D eigenvalue weighted by atomic mass is 10.4. The van der Waals surface area contributed by atoms with E-state index in [1.165, 1.54) is 6.92 Å². The van der Waals surface area contributed by atoms with Crippen molar-refractivity contribution in [1.29, 1.82) is 0 Å². The number of aliphatic carboxylic acids is 1. The van der Waals surface area contributed by atoms with Crippen LogP contribution in [0.25, 0.3) is 0 Å². The molecular formula is C11H24O7. The molecule has 0 aliphatic rings. The fraction of sp³-hybridized carbons (Fsp3) is 0.909. The second-order valence-corrected chi connectivity index (χ2v) is 3.16. The Bertz CT molecular complexity index is 163. The molecule has 18 heavy (non-hydrogen) atoms. The van der Waals surface area contributed by atoms with E-state index in [0.29, 0.717) is 33.0 Å². The summed E-state index contributed by atoms with van der Waals surface area (Å²) in [4.78, 5) is 9.45. The highest BCUT2D eigenvalue weighted by Crippen LogP contribution is 1.80. The first-order chi connectivity index (χ1) is 8.56. The van der Waals surface area contributed by atoms with Gasteiger partial charge in [-0.1, -0.05) is 0 Å². The monoisotopic (exact) mass is 268 g/mol. The smallest absolute Gasteiger partial charge is 0.332 e. The van der Waals surface area contributed by atoms with Crippen molar-refractivity contribution in [1.82, 2.24) is 0 Å². The summed E-state index contributed by atoms with van der Waals surface area (Å²) in [5.41, 5.74) is 0. The number of hydrogen-bond donors (Lipinski definition) is 3. The van der Waals surface area contributed by atoms with Crippen LogP contribution in [0.4, 0.5) is 0 Å². The molecule has 0 spiro atoms. The fourth-order valence-corrected chi connectivity index (χ4v) is 0.649. The zero-order chi connectivity index (χ0) is 14.2. The van der Waals surface area contributed by atoms with Gasteiger partial charge in [0.05, 0.1) is 39.6 Å². The first-order valence-corrected chi connectivity index (χ1v) is 5.81. The molecule has 0 heterocycles. The Morgan fingerprint density at radius 2 is 1.44 bits per heavy atom. The van der Waals surface area contributed by atoms with Crippen molar-refractivity contribution in [3.63, 3.8) is 0 Å². The van der Waals surface area contributed by atoms with E-state index in [4.69, 9.17) is 29.5 Å². The van der Waals surface area contributed by atoms with Gasteiger partial charge in [-0.25, -0.2) is 4.79 Å². The van der Waals surface area contributed by atoms with Crippen LogP contribution in [0.5, 0.6) is 0 Å². The van der Waals surface area contributed by atoms with Crippen molar-refractivity contribution in [2.75, 3.05) is 46.2 Å². The third kappa shape index (κ3) is 20.7. The molecule has 0 aromatic heterocycles. The first-order valence-electron chi connectivity index (χ1n) is 5.81. The predicted molar refractivity (Wildman–Crippen MR) is 64.5 cm³/mol. The molecule has 1 unspecified atom stereocenters. The maximum absolute atomic E-state index is 9.45. The van der Waals surface area contributed by atoms with Crippen molar-refractivity contribution >= 4 is 5.97 Å². The van der Waals surface area contributed by atoms with E-state index in [9.17, 15) is 4.79 Å². The van der Waals surface area contributed by atoms with Crippen molar-refractivity contribution in [2.45, 2.75) is 20.0 Å². The van der Waals surface area contributed by atoms with Gasteiger partial charge in [-0.2, -0.15) is 0 Å². The SMILES string of the molecule is CC(O)C(=O)O.CCOCCOCCOCCO. The lowest BCUT2D eigenvalue weighted by Gasteiger charge is -2.04. The van der Waals surface area contributed by atoms with E-state index in [-0.39, 0.29) is 6.61 Å².